The number of aromatic nitrogens is 2. The van der Waals surface area contributed by atoms with Crippen LogP contribution in [0.3, 0.4) is 0 Å². The first-order valence-corrected chi connectivity index (χ1v) is 15.0. The van der Waals surface area contributed by atoms with Crippen molar-refractivity contribution >= 4 is 27.3 Å². The molecule has 5 rings (SSSR count). The van der Waals surface area contributed by atoms with E-state index in [0.717, 1.165) is 36.1 Å². The fraction of sp³-hybridized carbons (Fsp3) is 0.500. The zero-order valence-electron chi connectivity index (χ0n) is 20.5. The number of hydrogen-bond acceptors (Lipinski definition) is 7. The van der Waals surface area contributed by atoms with Gasteiger partial charge in [-0.1, -0.05) is 48.2 Å². The fourth-order valence-corrected chi connectivity index (χ4v) is 7.38. The third-order valence-electron chi connectivity index (χ3n) is 7.21. The molecular weight excluding hydrogens is 496 g/mol. The summed E-state index contributed by atoms with van der Waals surface area (Å²) in [5.41, 5.74) is 1.01. The number of amides is 1. The number of benzene rings is 1. The Labute approximate surface area is 216 Å². The van der Waals surface area contributed by atoms with Crippen LogP contribution in [0.1, 0.15) is 56.4 Å². The standard InChI is InChI=1S/C26H32N4O4S2/c1-19-11-13-22(14-12-19)36(32,33)29-15-5-7-20(17-29)26(31)30(21-8-3-2-4-9-21)18-24-27-25(28-34-24)23-10-6-16-35-23/h6,10-14,16,20-21H,2-5,7-9,15,17-18H2,1H3/t20-/m0/s1. The lowest BCUT2D eigenvalue weighted by Crippen LogP contribution is -2.49. The van der Waals surface area contributed by atoms with Crippen molar-refractivity contribution in [1.82, 2.24) is 19.3 Å². The minimum atomic E-state index is -3.65. The smallest absolute Gasteiger partial charge is 0.246 e. The Balaban J connectivity index is 1.35. The molecule has 1 aliphatic carbocycles. The number of thiophene rings is 1. The van der Waals surface area contributed by atoms with Gasteiger partial charge >= 0.3 is 0 Å². The van der Waals surface area contributed by atoms with E-state index < -0.39 is 10.0 Å². The van der Waals surface area contributed by atoms with Gasteiger partial charge in [-0.05, 0) is 56.2 Å². The van der Waals surface area contributed by atoms with E-state index >= 15 is 0 Å². The van der Waals surface area contributed by atoms with E-state index in [1.54, 1.807) is 24.3 Å². The lowest BCUT2D eigenvalue weighted by molar-refractivity contribution is -0.141. The first kappa shape index (κ1) is 25.1. The average Bonchev–Trinajstić information content (AvgIpc) is 3.60. The maximum Gasteiger partial charge on any atom is 0.246 e. The second-order valence-corrected chi connectivity index (χ2v) is 12.6. The predicted octanol–water partition coefficient (Wildman–Crippen LogP) is 4.87. The van der Waals surface area contributed by atoms with Crippen molar-refractivity contribution in [3.8, 4) is 10.7 Å². The Morgan fingerprint density at radius 2 is 1.89 bits per heavy atom. The Morgan fingerprint density at radius 3 is 2.61 bits per heavy atom. The molecule has 36 heavy (non-hydrogen) atoms. The van der Waals surface area contributed by atoms with Crippen LogP contribution in [0.4, 0.5) is 0 Å². The van der Waals surface area contributed by atoms with E-state index in [4.69, 9.17) is 4.52 Å². The minimum absolute atomic E-state index is 0.0124. The van der Waals surface area contributed by atoms with Crippen LogP contribution < -0.4 is 0 Å². The molecule has 1 amide bonds. The Hall–Kier alpha value is -2.56. The number of hydrogen-bond donors (Lipinski definition) is 0. The van der Waals surface area contributed by atoms with Gasteiger partial charge in [0.15, 0.2) is 0 Å². The Morgan fingerprint density at radius 1 is 1.11 bits per heavy atom. The molecule has 0 N–H and O–H groups in total. The van der Waals surface area contributed by atoms with E-state index in [9.17, 15) is 13.2 Å². The molecule has 1 saturated carbocycles. The van der Waals surface area contributed by atoms with E-state index in [2.05, 4.69) is 10.1 Å². The quantitative estimate of drug-likeness (QED) is 0.434. The van der Waals surface area contributed by atoms with Crippen molar-refractivity contribution in [1.29, 1.82) is 0 Å². The zero-order chi connectivity index (χ0) is 25.1. The van der Waals surface area contributed by atoms with Crippen LogP contribution in [-0.4, -0.2) is 52.8 Å². The lowest BCUT2D eigenvalue weighted by Gasteiger charge is -2.38. The summed E-state index contributed by atoms with van der Waals surface area (Å²) in [6.07, 6.45) is 6.54. The molecule has 2 fully saturated rings. The summed E-state index contributed by atoms with van der Waals surface area (Å²) in [5.74, 6) is 0.545. The largest absolute Gasteiger partial charge is 0.337 e. The van der Waals surface area contributed by atoms with Crippen LogP contribution in [0.15, 0.2) is 51.2 Å². The van der Waals surface area contributed by atoms with Gasteiger partial charge in [0.25, 0.3) is 0 Å². The molecule has 0 radical (unpaired) electrons. The molecule has 1 atom stereocenters. The van der Waals surface area contributed by atoms with Gasteiger partial charge in [0, 0.05) is 19.1 Å². The normalized spacial score (nSPS) is 19.9. The molecule has 192 valence electrons. The van der Waals surface area contributed by atoms with E-state index in [1.165, 1.54) is 22.1 Å². The molecule has 1 aromatic carbocycles. The monoisotopic (exact) mass is 528 g/mol. The van der Waals surface area contributed by atoms with Crippen LogP contribution in [-0.2, 0) is 21.4 Å². The first-order chi connectivity index (χ1) is 17.4. The number of nitrogens with zero attached hydrogens (tertiary/aromatic N) is 4. The van der Waals surface area contributed by atoms with Crippen molar-refractivity contribution < 1.29 is 17.7 Å². The number of carbonyl (C=O) groups excluding carboxylic acids is 1. The average molecular weight is 529 g/mol. The van der Waals surface area contributed by atoms with Crippen LogP contribution in [0.2, 0.25) is 0 Å². The van der Waals surface area contributed by atoms with E-state index in [-0.39, 0.29) is 35.9 Å². The van der Waals surface area contributed by atoms with Crippen LogP contribution >= 0.6 is 11.3 Å². The van der Waals surface area contributed by atoms with E-state index in [1.807, 2.05) is 29.3 Å². The second kappa shape index (κ2) is 10.8. The number of aryl methyl sites for hydroxylation is 1. The molecule has 8 nitrogen and oxygen atoms in total. The molecule has 3 heterocycles. The maximum atomic E-state index is 13.9. The summed E-state index contributed by atoms with van der Waals surface area (Å²) in [6.45, 7) is 2.81. The Kier molecular flexibility index (Phi) is 7.55. The summed E-state index contributed by atoms with van der Waals surface area (Å²) in [7, 11) is -3.65. The fourth-order valence-electron chi connectivity index (χ4n) is 5.21. The molecule has 1 saturated heterocycles. The third-order valence-corrected chi connectivity index (χ3v) is 9.95. The molecular formula is C26H32N4O4S2. The highest BCUT2D eigenvalue weighted by Gasteiger charge is 2.37. The summed E-state index contributed by atoms with van der Waals surface area (Å²) in [4.78, 5) is 21.5. The van der Waals surface area contributed by atoms with Crippen LogP contribution in [0, 0.1) is 12.8 Å². The van der Waals surface area contributed by atoms with Crippen molar-refractivity contribution in [2.24, 2.45) is 5.92 Å². The van der Waals surface area contributed by atoms with Gasteiger partial charge in [-0.25, -0.2) is 8.42 Å². The maximum absolute atomic E-state index is 13.9. The number of carbonyl (C=O) groups is 1. The summed E-state index contributed by atoms with van der Waals surface area (Å²) in [5, 5.41) is 6.07. The topological polar surface area (TPSA) is 96.6 Å². The number of sulfonamides is 1. The number of rotatable bonds is 7. The summed E-state index contributed by atoms with van der Waals surface area (Å²) < 4.78 is 33.6. The van der Waals surface area contributed by atoms with Gasteiger partial charge in [-0.2, -0.15) is 9.29 Å². The van der Waals surface area contributed by atoms with Gasteiger partial charge < -0.3 is 9.42 Å². The van der Waals surface area contributed by atoms with Crippen molar-refractivity contribution in [2.75, 3.05) is 13.1 Å². The van der Waals surface area contributed by atoms with Crippen molar-refractivity contribution in [3.63, 3.8) is 0 Å². The molecule has 10 heteroatoms. The lowest BCUT2D eigenvalue weighted by atomic mass is 9.91. The molecule has 0 bridgehead atoms. The third kappa shape index (κ3) is 5.40. The van der Waals surface area contributed by atoms with Gasteiger partial charge in [-0.15, -0.1) is 11.3 Å². The summed E-state index contributed by atoms with van der Waals surface area (Å²) in [6, 6.07) is 10.9. The molecule has 2 aliphatic rings. The molecule has 3 aromatic rings. The van der Waals surface area contributed by atoms with Gasteiger partial charge in [0.2, 0.25) is 27.6 Å². The predicted molar refractivity (Wildman–Crippen MR) is 138 cm³/mol. The van der Waals surface area contributed by atoms with Gasteiger partial charge in [0.1, 0.15) is 6.54 Å². The van der Waals surface area contributed by atoms with Crippen molar-refractivity contribution in [2.45, 2.75) is 69.4 Å². The first-order valence-electron chi connectivity index (χ1n) is 12.7. The van der Waals surface area contributed by atoms with Gasteiger partial charge in [0.05, 0.1) is 15.7 Å². The van der Waals surface area contributed by atoms with E-state index in [0.29, 0.717) is 31.1 Å². The van der Waals surface area contributed by atoms with Gasteiger partial charge in [-0.3, -0.25) is 4.79 Å². The molecule has 0 unspecified atom stereocenters. The molecule has 0 spiro atoms. The Bertz CT molecular complexity index is 1270. The highest BCUT2D eigenvalue weighted by atomic mass is 32.2. The van der Waals surface area contributed by atoms with Crippen LogP contribution in [0.5, 0.6) is 0 Å². The number of piperidine rings is 1. The van der Waals surface area contributed by atoms with Crippen molar-refractivity contribution in [3.05, 3.63) is 53.2 Å². The van der Waals surface area contributed by atoms with Crippen LogP contribution in [0.25, 0.3) is 10.7 Å². The second-order valence-electron chi connectivity index (χ2n) is 9.76. The molecule has 2 aromatic heterocycles. The SMILES string of the molecule is Cc1ccc(S(=O)(=O)N2CCC[C@H](C(=O)N(Cc3nc(-c4cccs4)no3)C3CCCCC3)C2)cc1. The highest BCUT2D eigenvalue weighted by Crippen LogP contribution is 2.30. The molecule has 1 aliphatic heterocycles. The minimum Gasteiger partial charge on any atom is -0.337 e. The highest BCUT2D eigenvalue weighted by molar-refractivity contribution is 7.89. The summed E-state index contributed by atoms with van der Waals surface area (Å²) >= 11 is 1.54. The zero-order valence-corrected chi connectivity index (χ0v) is 22.1.